The van der Waals surface area contributed by atoms with Crippen LogP contribution in [0.3, 0.4) is 0 Å². The van der Waals surface area contributed by atoms with Crippen molar-refractivity contribution >= 4 is 29.6 Å². The summed E-state index contributed by atoms with van der Waals surface area (Å²) in [6, 6.07) is 13.1. The number of carbonyl (C=O) groups is 2. The number of nitrogens with one attached hydrogen (secondary N) is 2. The van der Waals surface area contributed by atoms with Crippen molar-refractivity contribution < 1.29 is 14.3 Å². The molecule has 2 aromatic rings. The normalized spacial score (nSPS) is 11.9. The quantitative estimate of drug-likeness (QED) is 0.422. The van der Waals surface area contributed by atoms with Gasteiger partial charge in [0.1, 0.15) is 12.4 Å². The molecule has 6 nitrogen and oxygen atoms in total. The number of hydrogen-bond acceptors (Lipinski definition) is 4. The van der Waals surface area contributed by atoms with Crippen LogP contribution in [0.15, 0.2) is 47.6 Å². The predicted octanol–water partition coefficient (Wildman–Crippen LogP) is 3.59. The van der Waals surface area contributed by atoms with Crippen LogP contribution >= 0.6 is 11.6 Å². The maximum Gasteiger partial charge on any atom is 0.329 e. The molecule has 2 N–H and O–H groups in total. The van der Waals surface area contributed by atoms with E-state index in [1.807, 2.05) is 45.0 Å². The second-order valence-corrected chi connectivity index (χ2v) is 6.85. The largest absolute Gasteiger partial charge is 0.487 e. The van der Waals surface area contributed by atoms with E-state index in [1.54, 1.807) is 18.2 Å². The van der Waals surface area contributed by atoms with Crippen LogP contribution in [0.2, 0.25) is 5.02 Å². The molecular formula is C21H24ClN3O3. The summed E-state index contributed by atoms with van der Waals surface area (Å²) in [5.41, 5.74) is 5.09. The second kappa shape index (κ2) is 10.5. The molecule has 2 aromatic carbocycles. The molecule has 0 aliphatic carbocycles. The van der Waals surface area contributed by atoms with Gasteiger partial charge in [0, 0.05) is 6.04 Å². The van der Waals surface area contributed by atoms with Crippen molar-refractivity contribution in [3.63, 3.8) is 0 Å². The average molecular weight is 402 g/mol. The number of hydrazone groups is 1. The molecule has 0 unspecified atom stereocenters. The third-order valence-corrected chi connectivity index (χ3v) is 4.34. The van der Waals surface area contributed by atoms with E-state index >= 15 is 0 Å². The lowest BCUT2D eigenvalue weighted by Crippen LogP contribution is -2.41. The van der Waals surface area contributed by atoms with Gasteiger partial charge in [-0.25, -0.2) is 5.43 Å². The maximum atomic E-state index is 11.7. The molecule has 0 heterocycles. The summed E-state index contributed by atoms with van der Waals surface area (Å²) in [6.45, 7) is 6.18. The lowest BCUT2D eigenvalue weighted by Gasteiger charge is -2.10. The number of amides is 2. The Kier molecular flexibility index (Phi) is 8.02. The maximum absolute atomic E-state index is 11.7. The first kappa shape index (κ1) is 21.4. The number of rotatable bonds is 7. The molecule has 0 radical (unpaired) electrons. The van der Waals surface area contributed by atoms with Gasteiger partial charge in [0.25, 0.3) is 0 Å². The number of ether oxygens (including phenoxy) is 1. The zero-order valence-electron chi connectivity index (χ0n) is 16.2. The molecule has 7 heteroatoms. The smallest absolute Gasteiger partial charge is 0.329 e. The minimum Gasteiger partial charge on any atom is -0.487 e. The highest BCUT2D eigenvalue weighted by molar-refractivity contribution is 6.35. The molecule has 0 aliphatic heterocycles. The van der Waals surface area contributed by atoms with Gasteiger partial charge in [0.05, 0.1) is 11.2 Å². The van der Waals surface area contributed by atoms with Gasteiger partial charge >= 0.3 is 11.8 Å². The van der Waals surface area contributed by atoms with Crippen LogP contribution in [-0.4, -0.2) is 24.1 Å². The van der Waals surface area contributed by atoms with Crippen molar-refractivity contribution in [2.24, 2.45) is 5.10 Å². The van der Waals surface area contributed by atoms with Gasteiger partial charge in [0.15, 0.2) is 0 Å². The Morgan fingerprint density at radius 2 is 1.89 bits per heavy atom. The monoisotopic (exact) mass is 401 g/mol. The van der Waals surface area contributed by atoms with E-state index in [4.69, 9.17) is 16.3 Å². The number of nitrogens with zero attached hydrogens (tertiary/aromatic N) is 1. The van der Waals surface area contributed by atoms with Crippen LogP contribution < -0.4 is 15.5 Å². The number of hydrogen-bond donors (Lipinski definition) is 2. The zero-order valence-corrected chi connectivity index (χ0v) is 16.9. The van der Waals surface area contributed by atoms with E-state index in [0.29, 0.717) is 22.9 Å². The Morgan fingerprint density at radius 1 is 1.18 bits per heavy atom. The topological polar surface area (TPSA) is 79.8 Å². The van der Waals surface area contributed by atoms with E-state index in [0.717, 1.165) is 12.0 Å². The molecule has 28 heavy (non-hydrogen) atoms. The minimum absolute atomic E-state index is 0.0755. The van der Waals surface area contributed by atoms with Crippen LogP contribution in [0.25, 0.3) is 0 Å². The highest BCUT2D eigenvalue weighted by Crippen LogP contribution is 2.25. The molecule has 0 aromatic heterocycles. The summed E-state index contributed by atoms with van der Waals surface area (Å²) in [6.07, 6.45) is 2.14. The van der Waals surface area contributed by atoms with E-state index in [-0.39, 0.29) is 6.04 Å². The van der Waals surface area contributed by atoms with Crippen LogP contribution in [0.1, 0.15) is 37.0 Å². The Bertz CT molecular complexity index is 850. The summed E-state index contributed by atoms with van der Waals surface area (Å²) in [4.78, 5) is 23.3. The number of carbonyl (C=O) groups excluding carboxylic acids is 2. The third kappa shape index (κ3) is 6.70. The summed E-state index contributed by atoms with van der Waals surface area (Å²) in [7, 11) is 0. The van der Waals surface area contributed by atoms with Gasteiger partial charge in [-0.15, -0.1) is 0 Å². The molecule has 0 saturated heterocycles. The first-order valence-electron chi connectivity index (χ1n) is 9.00. The minimum atomic E-state index is -0.819. The fraction of sp³-hybridized carbons (Fsp3) is 0.286. The standard InChI is InChI=1S/C21H24ClN3O3/c1-4-15(3)24-20(26)21(27)25-23-12-17-9-10-19(18(22)11-17)28-13-16-7-5-14(2)6-8-16/h5-12,15H,4,13H2,1-3H3,(H,24,26)(H,25,27)/b23-12-/t15-/m1/s1. The van der Waals surface area contributed by atoms with Crippen molar-refractivity contribution in [3.05, 3.63) is 64.2 Å². The molecule has 0 fully saturated rings. The lowest BCUT2D eigenvalue weighted by atomic mass is 10.2. The van der Waals surface area contributed by atoms with Crippen LogP contribution in [0.5, 0.6) is 5.75 Å². The zero-order chi connectivity index (χ0) is 20.5. The van der Waals surface area contributed by atoms with Crippen molar-refractivity contribution in [1.29, 1.82) is 0 Å². The van der Waals surface area contributed by atoms with E-state index < -0.39 is 11.8 Å². The fourth-order valence-corrected chi connectivity index (χ4v) is 2.41. The van der Waals surface area contributed by atoms with E-state index in [9.17, 15) is 9.59 Å². The van der Waals surface area contributed by atoms with Crippen LogP contribution in [0, 0.1) is 6.92 Å². The van der Waals surface area contributed by atoms with Gasteiger partial charge in [-0.1, -0.05) is 48.4 Å². The van der Waals surface area contributed by atoms with Crippen molar-refractivity contribution in [3.8, 4) is 5.75 Å². The summed E-state index contributed by atoms with van der Waals surface area (Å²) < 4.78 is 5.74. The number of aryl methyl sites for hydroxylation is 1. The van der Waals surface area contributed by atoms with Crippen molar-refractivity contribution in [2.45, 2.75) is 39.8 Å². The van der Waals surface area contributed by atoms with E-state index in [1.165, 1.54) is 11.8 Å². The summed E-state index contributed by atoms with van der Waals surface area (Å²) in [5.74, 6) is -0.985. The van der Waals surface area contributed by atoms with Gasteiger partial charge in [0.2, 0.25) is 0 Å². The SMILES string of the molecule is CC[C@@H](C)NC(=O)C(=O)N/N=C\c1ccc(OCc2ccc(C)cc2)c(Cl)c1. The molecule has 0 saturated carbocycles. The van der Waals surface area contributed by atoms with Crippen molar-refractivity contribution in [1.82, 2.24) is 10.7 Å². The fourth-order valence-electron chi connectivity index (χ4n) is 2.17. The number of halogens is 1. The van der Waals surface area contributed by atoms with E-state index in [2.05, 4.69) is 15.8 Å². The molecule has 0 bridgehead atoms. The Hall–Kier alpha value is -2.86. The van der Waals surface area contributed by atoms with Crippen molar-refractivity contribution in [2.75, 3.05) is 0 Å². The molecule has 0 spiro atoms. The summed E-state index contributed by atoms with van der Waals surface area (Å²) in [5, 5.41) is 6.77. The predicted molar refractivity (Wildman–Crippen MR) is 111 cm³/mol. The molecule has 2 rings (SSSR count). The first-order chi connectivity index (χ1) is 13.4. The van der Waals surface area contributed by atoms with Gasteiger partial charge in [-0.05, 0) is 49.6 Å². The molecule has 2 amide bonds. The van der Waals surface area contributed by atoms with Gasteiger partial charge in [-0.3, -0.25) is 9.59 Å². The lowest BCUT2D eigenvalue weighted by molar-refractivity contribution is -0.139. The number of benzene rings is 2. The molecule has 148 valence electrons. The summed E-state index contributed by atoms with van der Waals surface area (Å²) >= 11 is 6.25. The van der Waals surface area contributed by atoms with Crippen LogP contribution in [0.4, 0.5) is 0 Å². The highest BCUT2D eigenvalue weighted by Gasteiger charge is 2.14. The molecule has 1 atom stereocenters. The molecular weight excluding hydrogens is 378 g/mol. The average Bonchev–Trinajstić information content (AvgIpc) is 2.68. The Labute approximate surface area is 169 Å². The van der Waals surface area contributed by atoms with Crippen LogP contribution in [-0.2, 0) is 16.2 Å². The van der Waals surface area contributed by atoms with Gasteiger partial charge < -0.3 is 10.1 Å². The van der Waals surface area contributed by atoms with Gasteiger partial charge in [-0.2, -0.15) is 5.10 Å². The highest BCUT2D eigenvalue weighted by atomic mass is 35.5. The second-order valence-electron chi connectivity index (χ2n) is 6.45. The first-order valence-corrected chi connectivity index (χ1v) is 9.38. The molecule has 0 aliphatic rings. The Balaban J connectivity index is 1.89. The Morgan fingerprint density at radius 3 is 2.54 bits per heavy atom. The third-order valence-electron chi connectivity index (χ3n) is 4.05.